The summed E-state index contributed by atoms with van der Waals surface area (Å²) in [5, 5.41) is 22.4. The Kier molecular flexibility index (Phi) is 22.4. The molecule has 0 radical (unpaired) electrons. The van der Waals surface area contributed by atoms with E-state index in [0.717, 1.165) is 15.8 Å². The number of carbonyl (C=O) groups excluding carboxylic acids is 9. The van der Waals surface area contributed by atoms with Crippen LogP contribution >= 0.6 is 0 Å². The molecule has 2 aliphatic rings. The number of guanidine groups is 2. The Morgan fingerprint density at radius 2 is 1.49 bits per heavy atom. The molecule has 23 nitrogen and oxygen atoms in total. The number of aromatic nitrogens is 1. The fraction of sp³-hybridized carbons (Fsp3) is 0.519. The molecule has 0 bridgehead atoms. The summed E-state index contributed by atoms with van der Waals surface area (Å²) in [5.41, 5.74) is 29.4. The minimum Gasteiger partial charge on any atom is -0.391 e. The third kappa shape index (κ3) is 18.0. The standard InChI is InChI=1S/C52H72FN13O10/c1-29(67)62-40(17-9-21-60-52(57)58)48(74)64-41-19-18-34(68)12-3-6-16-39(46(54)72)63-47(73)32(22-33-27-61-38-15-7-4-13-36(33)38)25-44(70)31(11-8-20-59-51(55)56)24-45(71)42(23-30-10-2-5-14-37(30)53)65-49(75)43-26-35(69)28-66(43)50(41)76/h2,4-5,7,10,13-15,27,31-32,35,39-43,61,69H,3,6,8-9,11-12,16-26,28H2,1H3,(H2,54,72)(H,62,67)(H,63,73)(H,64,74)(H,65,75)(H4,55,56,59)(H4,57,58,60)/t31-,32-,35-,39+,40+,41+,42-,43+/m1/s1. The molecule has 3 heterocycles. The van der Waals surface area contributed by atoms with Crippen molar-refractivity contribution in [3.63, 3.8) is 0 Å². The second kappa shape index (κ2) is 28.8. The van der Waals surface area contributed by atoms with Crippen molar-refractivity contribution in [1.82, 2.24) is 31.2 Å². The van der Waals surface area contributed by atoms with E-state index in [2.05, 4.69) is 36.2 Å². The Hall–Kier alpha value is -7.76. The number of hydrogen-bond acceptors (Lipinski definition) is 12. The van der Waals surface area contributed by atoms with Crippen LogP contribution in [0.15, 0.2) is 64.7 Å². The molecule has 24 heteroatoms. The maximum atomic E-state index is 15.4. The number of aliphatic imine (C=N–C) groups is 2. The Labute approximate surface area is 439 Å². The molecule has 2 saturated heterocycles. The number of fused-ring (bicyclic) bond motifs is 2. The van der Waals surface area contributed by atoms with Crippen LogP contribution < -0.4 is 49.9 Å². The van der Waals surface area contributed by atoms with Gasteiger partial charge >= 0.3 is 0 Å². The summed E-state index contributed by atoms with van der Waals surface area (Å²) in [6, 6.07) is 6.08. The molecule has 412 valence electrons. The molecule has 1 aromatic heterocycles. The van der Waals surface area contributed by atoms with Crippen molar-refractivity contribution >= 4 is 75.6 Å². The third-order valence-corrected chi connectivity index (χ3v) is 13.6. The summed E-state index contributed by atoms with van der Waals surface area (Å²) >= 11 is 0. The summed E-state index contributed by atoms with van der Waals surface area (Å²) in [4.78, 5) is 138. The van der Waals surface area contributed by atoms with E-state index in [4.69, 9.17) is 28.7 Å². The van der Waals surface area contributed by atoms with E-state index < -0.39 is 127 Å². The molecule has 8 atom stereocenters. The summed E-state index contributed by atoms with van der Waals surface area (Å²) < 4.78 is 15.4. The summed E-state index contributed by atoms with van der Waals surface area (Å²) in [6.07, 6.45) is -0.720. The van der Waals surface area contributed by atoms with Gasteiger partial charge in [-0.05, 0) is 74.6 Å². The van der Waals surface area contributed by atoms with Gasteiger partial charge in [0.1, 0.15) is 41.6 Å². The van der Waals surface area contributed by atoms with E-state index in [0.29, 0.717) is 5.56 Å². The van der Waals surface area contributed by atoms with Gasteiger partial charge in [0, 0.05) is 94.0 Å². The number of nitrogens with one attached hydrogen (secondary N) is 5. The maximum absolute atomic E-state index is 15.4. The first-order valence-corrected chi connectivity index (χ1v) is 25.6. The van der Waals surface area contributed by atoms with Gasteiger partial charge in [-0.1, -0.05) is 42.8 Å². The van der Waals surface area contributed by atoms with Gasteiger partial charge in [-0.3, -0.25) is 53.1 Å². The van der Waals surface area contributed by atoms with Crippen LogP contribution in [-0.2, 0) is 56.0 Å². The lowest BCUT2D eigenvalue weighted by Crippen LogP contribution is -2.57. The maximum Gasteiger partial charge on any atom is 0.245 e. The Bertz CT molecular complexity index is 2630. The average Bonchev–Trinajstić information content (AvgIpc) is 3.97. The molecule has 2 aliphatic heterocycles. The first-order chi connectivity index (χ1) is 36.2. The number of Topliss-reactive ketones (excluding diaryl/α,β-unsaturated/α-hetero) is 3. The topological polar surface area (TPSA) is 396 Å². The Balaban J connectivity index is 1.54. The lowest BCUT2D eigenvalue weighted by atomic mass is 9.83. The van der Waals surface area contributed by atoms with Crippen LogP contribution in [0.4, 0.5) is 4.39 Å². The first kappa shape index (κ1) is 59.1. The third-order valence-electron chi connectivity index (χ3n) is 13.6. The highest BCUT2D eigenvalue weighted by Crippen LogP contribution is 2.27. The van der Waals surface area contributed by atoms with Gasteiger partial charge in [-0.2, -0.15) is 0 Å². The lowest BCUT2D eigenvalue weighted by Gasteiger charge is -2.30. The minimum absolute atomic E-state index is 0.0258. The Morgan fingerprint density at radius 1 is 0.803 bits per heavy atom. The molecular weight excluding hydrogens is 986 g/mol. The average molecular weight is 1060 g/mol. The number of H-pyrrole nitrogens is 1. The number of aliphatic hydroxyl groups is 1. The molecule has 5 rings (SSSR count). The second-order valence-electron chi connectivity index (χ2n) is 19.5. The van der Waals surface area contributed by atoms with E-state index in [-0.39, 0.29) is 113 Å². The van der Waals surface area contributed by atoms with Gasteiger partial charge in [0.2, 0.25) is 35.4 Å². The van der Waals surface area contributed by atoms with Crippen molar-refractivity contribution in [2.75, 3.05) is 19.6 Å². The van der Waals surface area contributed by atoms with Crippen LogP contribution in [0.2, 0.25) is 0 Å². The van der Waals surface area contributed by atoms with Crippen LogP contribution in [0, 0.1) is 17.7 Å². The van der Waals surface area contributed by atoms with Gasteiger partial charge < -0.3 is 64.9 Å². The number of aromatic amines is 1. The number of carbonyl (C=O) groups is 9. The highest BCUT2D eigenvalue weighted by molar-refractivity contribution is 5.98. The number of ketones is 3. The SMILES string of the molecule is CC(=O)N[C@@H](CCCN=C(N)N)C(=O)N[C@H]1CCC(=O)CCCC[C@@H](C(N)=O)NC(=O)[C@H](Cc2c[nH]c3ccccc23)CC(=O)[C@H](CCCN=C(N)N)CC(=O)[C@@H](Cc2ccccc2F)NC(=O)[C@@H]2C[C@@H](O)CN2C1=O. The van der Waals surface area contributed by atoms with Crippen LogP contribution in [-0.4, -0.2) is 136 Å². The number of para-hydroxylation sites is 1. The van der Waals surface area contributed by atoms with E-state index in [9.17, 15) is 48.3 Å². The van der Waals surface area contributed by atoms with Crippen LogP contribution in [0.5, 0.6) is 0 Å². The van der Waals surface area contributed by atoms with Crippen LogP contribution in [0.25, 0.3) is 10.9 Å². The van der Waals surface area contributed by atoms with Crippen molar-refractivity contribution < 1.29 is 52.6 Å². The van der Waals surface area contributed by atoms with Crippen LogP contribution in [0.1, 0.15) is 102 Å². The highest BCUT2D eigenvalue weighted by Gasteiger charge is 2.43. The molecular formula is C52H72FN13O10. The van der Waals surface area contributed by atoms with Gasteiger partial charge in [-0.25, -0.2) is 4.39 Å². The monoisotopic (exact) mass is 1060 g/mol. The molecule has 2 aromatic carbocycles. The molecule has 0 spiro atoms. The summed E-state index contributed by atoms with van der Waals surface area (Å²) in [5.74, 6) is -9.49. The quantitative estimate of drug-likeness (QED) is 0.0498. The summed E-state index contributed by atoms with van der Waals surface area (Å²) in [7, 11) is 0. The van der Waals surface area contributed by atoms with Crippen LogP contribution in [0.3, 0.4) is 0 Å². The predicted molar refractivity (Wildman–Crippen MR) is 280 cm³/mol. The lowest BCUT2D eigenvalue weighted by molar-refractivity contribution is -0.143. The number of amides is 6. The molecule has 0 saturated carbocycles. The first-order valence-electron chi connectivity index (χ1n) is 25.6. The van der Waals surface area contributed by atoms with Crippen molar-refractivity contribution in [2.45, 2.75) is 140 Å². The number of nitrogens with zero attached hydrogens (tertiary/aromatic N) is 3. The van der Waals surface area contributed by atoms with Gasteiger partial charge in [0.15, 0.2) is 17.7 Å². The highest BCUT2D eigenvalue weighted by atomic mass is 19.1. The normalized spacial score (nSPS) is 23.1. The van der Waals surface area contributed by atoms with Gasteiger partial charge in [0.25, 0.3) is 0 Å². The number of rotatable bonds is 16. The molecule has 0 unspecified atom stereocenters. The fourth-order valence-electron chi connectivity index (χ4n) is 9.67. The zero-order chi connectivity index (χ0) is 55.5. The van der Waals surface area contributed by atoms with Crippen molar-refractivity contribution in [1.29, 1.82) is 0 Å². The van der Waals surface area contributed by atoms with Gasteiger partial charge in [0.05, 0.1) is 12.1 Å². The zero-order valence-electron chi connectivity index (χ0n) is 42.8. The zero-order valence-corrected chi connectivity index (χ0v) is 42.8. The van der Waals surface area contributed by atoms with E-state index in [1.807, 2.05) is 24.3 Å². The largest absolute Gasteiger partial charge is 0.391 e. The molecule has 16 N–H and O–H groups in total. The number of benzene rings is 2. The van der Waals surface area contributed by atoms with Crippen molar-refractivity contribution in [3.8, 4) is 0 Å². The summed E-state index contributed by atoms with van der Waals surface area (Å²) in [6.45, 7) is 0.987. The van der Waals surface area contributed by atoms with E-state index in [1.165, 1.54) is 31.2 Å². The fourth-order valence-corrected chi connectivity index (χ4v) is 9.67. The van der Waals surface area contributed by atoms with E-state index >= 15 is 4.39 Å². The number of halogens is 1. The predicted octanol–water partition coefficient (Wildman–Crippen LogP) is -0.320. The second-order valence-corrected chi connectivity index (χ2v) is 19.5. The number of aliphatic hydroxyl groups excluding tert-OH is 1. The minimum atomic E-state index is -1.51. The Morgan fingerprint density at radius 3 is 2.18 bits per heavy atom. The molecule has 2 fully saturated rings. The smallest absolute Gasteiger partial charge is 0.245 e. The molecule has 0 aliphatic carbocycles. The number of nitrogens with two attached hydrogens (primary N) is 5. The number of primary amides is 1. The van der Waals surface area contributed by atoms with Gasteiger partial charge in [-0.15, -0.1) is 0 Å². The molecule has 3 aromatic rings. The number of hydrogen-bond donors (Lipinski definition) is 11. The molecule has 76 heavy (non-hydrogen) atoms. The van der Waals surface area contributed by atoms with Crippen molar-refractivity contribution in [3.05, 3.63) is 71.7 Å². The van der Waals surface area contributed by atoms with E-state index in [1.54, 1.807) is 6.20 Å². The van der Waals surface area contributed by atoms with Crippen molar-refractivity contribution in [2.24, 2.45) is 50.5 Å². The molecule has 6 amide bonds.